The zero-order chi connectivity index (χ0) is 15.5. The maximum Gasteiger partial charge on any atom is 0.243 e. The molecule has 0 aromatic carbocycles. The molecular formula is C15H27N3O2S. The van der Waals surface area contributed by atoms with Gasteiger partial charge >= 0.3 is 0 Å². The highest BCUT2D eigenvalue weighted by atomic mass is 32.2. The smallest absolute Gasteiger partial charge is 0.243 e. The van der Waals surface area contributed by atoms with E-state index in [2.05, 4.69) is 5.32 Å². The predicted molar refractivity (Wildman–Crippen MR) is 85.9 cm³/mol. The lowest BCUT2D eigenvalue weighted by Crippen LogP contribution is -2.54. The number of thioether (sulfide) groups is 1. The normalized spacial score (nSPS) is 25.9. The molecule has 1 saturated heterocycles. The average molecular weight is 313 g/mol. The number of hydrogen-bond donors (Lipinski definition) is 2. The topological polar surface area (TPSA) is 75.4 Å². The molecule has 1 unspecified atom stereocenters. The molecule has 1 saturated carbocycles. The number of nitrogens with one attached hydrogen (secondary N) is 1. The van der Waals surface area contributed by atoms with E-state index >= 15 is 0 Å². The Labute approximate surface area is 131 Å². The van der Waals surface area contributed by atoms with Crippen LogP contribution in [0.5, 0.6) is 0 Å². The van der Waals surface area contributed by atoms with Crippen molar-refractivity contribution in [2.45, 2.75) is 69.3 Å². The standard InChI is InChI=1S/C15H27N3O2S/c1-15(2)18(13(19)8-9-16)12(10-21-15)14(20)17-11-6-4-3-5-7-11/h11-12H,3-10,16H2,1-2H3,(H,17,20). The van der Waals surface area contributed by atoms with Crippen molar-refractivity contribution in [3.63, 3.8) is 0 Å². The van der Waals surface area contributed by atoms with Crippen LogP contribution in [-0.2, 0) is 9.59 Å². The summed E-state index contributed by atoms with van der Waals surface area (Å²) in [7, 11) is 0. The van der Waals surface area contributed by atoms with Crippen LogP contribution in [0.4, 0.5) is 0 Å². The van der Waals surface area contributed by atoms with Crippen molar-refractivity contribution < 1.29 is 9.59 Å². The number of nitrogens with two attached hydrogens (primary N) is 1. The van der Waals surface area contributed by atoms with Crippen LogP contribution >= 0.6 is 11.8 Å². The van der Waals surface area contributed by atoms with E-state index in [1.165, 1.54) is 19.3 Å². The Morgan fingerprint density at radius 1 is 1.29 bits per heavy atom. The highest BCUT2D eigenvalue weighted by molar-refractivity contribution is 8.00. The van der Waals surface area contributed by atoms with Crippen LogP contribution in [0.25, 0.3) is 0 Å². The second-order valence-electron chi connectivity index (χ2n) is 6.42. The van der Waals surface area contributed by atoms with Gasteiger partial charge in [-0.3, -0.25) is 9.59 Å². The van der Waals surface area contributed by atoms with Gasteiger partial charge in [0.2, 0.25) is 11.8 Å². The third kappa shape index (κ3) is 3.92. The molecule has 2 rings (SSSR count). The first-order valence-corrected chi connectivity index (χ1v) is 8.91. The minimum absolute atomic E-state index is 0.00495. The lowest BCUT2D eigenvalue weighted by atomic mass is 9.95. The van der Waals surface area contributed by atoms with Gasteiger partial charge in [-0.1, -0.05) is 19.3 Å². The Balaban J connectivity index is 2.02. The summed E-state index contributed by atoms with van der Waals surface area (Å²) >= 11 is 1.66. The maximum atomic E-state index is 12.6. The summed E-state index contributed by atoms with van der Waals surface area (Å²) in [6.07, 6.45) is 6.06. The SMILES string of the molecule is CC1(C)SCC(C(=O)NC2CCCCC2)N1C(=O)CCN. The van der Waals surface area contributed by atoms with E-state index in [1.54, 1.807) is 16.7 Å². The Morgan fingerprint density at radius 2 is 1.95 bits per heavy atom. The van der Waals surface area contributed by atoms with Crippen molar-refractivity contribution >= 4 is 23.6 Å². The van der Waals surface area contributed by atoms with Crippen molar-refractivity contribution in [3.8, 4) is 0 Å². The summed E-state index contributed by atoms with van der Waals surface area (Å²) in [6.45, 7) is 4.33. The number of nitrogens with zero attached hydrogens (tertiary/aromatic N) is 1. The molecule has 0 aromatic heterocycles. The molecule has 2 fully saturated rings. The molecule has 21 heavy (non-hydrogen) atoms. The Kier molecular flexibility index (Phi) is 5.54. The molecule has 1 aliphatic heterocycles. The van der Waals surface area contributed by atoms with Gasteiger partial charge in [0.25, 0.3) is 0 Å². The van der Waals surface area contributed by atoms with Crippen LogP contribution in [-0.4, -0.2) is 46.0 Å². The zero-order valence-electron chi connectivity index (χ0n) is 13.1. The van der Waals surface area contributed by atoms with Crippen molar-refractivity contribution in [3.05, 3.63) is 0 Å². The molecule has 0 bridgehead atoms. The molecule has 5 nitrogen and oxygen atoms in total. The number of hydrogen-bond acceptors (Lipinski definition) is 4. The lowest BCUT2D eigenvalue weighted by Gasteiger charge is -2.35. The Bertz CT molecular complexity index is 394. The van der Waals surface area contributed by atoms with Crippen LogP contribution in [0, 0.1) is 0 Å². The summed E-state index contributed by atoms with van der Waals surface area (Å²) in [5.74, 6) is 0.656. The molecule has 0 radical (unpaired) electrons. The van der Waals surface area contributed by atoms with Gasteiger partial charge in [0, 0.05) is 24.8 Å². The molecule has 6 heteroatoms. The fourth-order valence-electron chi connectivity index (χ4n) is 3.26. The van der Waals surface area contributed by atoms with Crippen LogP contribution in [0.15, 0.2) is 0 Å². The van der Waals surface area contributed by atoms with Crippen molar-refractivity contribution in [1.82, 2.24) is 10.2 Å². The van der Waals surface area contributed by atoms with Crippen molar-refractivity contribution in [1.29, 1.82) is 0 Å². The number of rotatable bonds is 4. The third-order valence-electron chi connectivity index (χ3n) is 4.37. The van der Waals surface area contributed by atoms with E-state index in [9.17, 15) is 9.59 Å². The fraction of sp³-hybridized carbons (Fsp3) is 0.867. The molecule has 1 heterocycles. The van der Waals surface area contributed by atoms with Gasteiger partial charge in [0.1, 0.15) is 6.04 Å². The van der Waals surface area contributed by atoms with Crippen LogP contribution in [0.1, 0.15) is 52.4 Å². The van der Waals surface area contributed by atoms with Gasteiger partial charge in [-0.2, -0.15) is 0 Å². The molecule has 1 atom stereocenters. The third-order valence-corrected chi connectivity index (χ3v) is 5.75. The lowest BCUT2D eigenvalue weighted by molar-refractivity contribution is -0.141. The summed E-state index contributed by atoms with van der Waals surface area (Å²) in [6, 6.07) is -0.0719. The van der Waals surface area contributed by atoms with E-state index in [-0.39, 0.29) is 28.8 Å². The van der Waals surface area contributed by atoms with Gasteiger partial charge in [0.05, 0.1) is 4.87 Å². The van der Waals surface area contributed by atoms with Gasteiger partial charge in [-0.15, -0.1) is 11.8 Å². The largest absolute Gasteiger partial charge is 0.352 e. The number of amides is 2. The molecule has 120 valence electrons. The first kappa shape index (κ1) is 16.6. The number of carbonyl (C=O) groups excluding carboxylic acids is 2. The predicted octanol–water partition coefficient (Wildman–Crippen LogP) is 1.46. The van der Waals surface area contributed by atoms with Crippen LogP contribution < -0.4 is 11.1 Å². The van der Waals surface area contributed by atoms with Crippen LogP contribution in [0.3, 0.4) is 0 Å². The van der Waals surface area contributed by atoms with E-state index < -0.39 is 0 Å². The van der Waals surface area contributed by atoms with Gasteiger partial charge in [0.15, 0.2) is 0 Å². The Morgan fingerprint density at radius 3 is 2.57 bits per heavy atom. The summed E-state index contributed by atoms with van der Waals surface area (Å²) in [4.78, 5) is 26.3. The summed E-state index contributed by atoms with van der Waals surface area (Å²) in [5, 5.41) is 3.15. The maximum absolute atomic E-state index is 12.6. The second-order valence-corrected chi connectivity index (χ2v) is 8.04. The minimum Gasteiger partial charge on any atom is -0.352 e. The molecule has 3 N–H and O–H groups in total. The highest BCUT2D eigenvalue weighted by Crippen LogP contribution is 2.39. The van der Waals surface area contributed by atoms with Crippen molar-refractivity contribution in [2.75, 3.05) is 12.3 Å². The zero-order valence-corrected chi connectivity index (χ0v) is 13.9. The highest BCUT2D eigenvalue weighted by Gasteiger charge is 2.46. The summed E-state index contributed by atoms with van der Waals surface area (Å²) < 4.78 is 0. The van der Waals surface area contributed by atoms with Gasteiger partial charge in [-0.25, -0.2) is 0 Å². The van der Waals surface area contributed by atoms with Gasteiger partial charge < -0.3 is 16.0 Å². The summed E-state index contributed by atoms with van der Waals surface area (Å²) in [5.41, 5.74) is 5.50. The molecule has 1 aliphatic carbocycles. The molecule has 0 aromatic rings. The number of carbonyl (C=O) groups is 2. The second kappa shape index (κ2) is 7.01. The van der Waals surface area contributed by atoms with E-state index in [4.69, 9.17) is 5.73 Å². The van der Waals surface area contributed by atoms with Gasteiger partial charge in [-0.05, 0) is 26.7 Å². The monoisotopic (exact) mass is 313 g/mol. The van der Waals surface area contributed by atoms with E-state index in [1.807, 2.05) is 13.8 Å². The molecule has 2 aliphatic rings. The fourth-order valence-corrected chi connectivity index (χ4v) is 4.49. The first-order chi connectivity index (χ1) is 9.95. The molecular weight excluding hydrogens is 286 g/mol. The average Bonchev–Trinajstić information content (AvgIpc) is 2.76. The quantitative estimate of drug-likeness (QED) is 0.824. The Hall–Kier alpha value is -0.750. The molecule has 0 spiro atoms. The first-order valence-electron chi connectivity index (χ1n) is 7.92. The van der Waals surface area contributed by atoms with E-state index in [0.29, 0.717) is 18.7 Å². The minimum atomic E-state index is -0.356. The van der Waals surface area contributed by atoms with E-state index in [0.717, 1.165) is 12.8 Å². The molecule has 2 amide bonds. The van der Waals surface area contributed by atoms with Crippen LogP contribution in [0.2, 0.25) is 0 Å². The van der Waals surface area contributed by atoms with Crippen molar-refractivity contribution in [2.24, 2.45) is 5.73 Å².